The molecule has 0 radical (unpaired) electrons. The van der Waals surface area contributed by atoms with Crippen LogP contribution in [0.3, 0.4) is 0 Å². The van der Waals surface area contributed by atoms with E-state index in [2.05, 4.69) is 39.7 Å². The molecule has 0 unspecified atom stereocenters. The van der Waals surface area contributed by atoms with E-state index in [-0.39, 0.29) is 0 Å². The lowest BCUT2D eigenvalue weighted by atomic mass is 9.74. The van der Waals surface area contributed by atoms with Crippen LogP contribution in [0.4, 0.5) is 5.82 Å². The average molecular weight is 294 g/mol. The van der Waals surface area contributed by atoms with Gasteiger partial charge in [-0.15, -0.1) is 0 Å². The lowest BCUT2D eigenvalue weighted by Gasteiger charge is -2.56. The summed E-state index contributed by atoms with van der Waals surface area (Å²) in [5.74, 6) is 1.08. The van der Waals surface area contributed by atoms with Crippen LogP contribution in [0.15, 0.2) is 36.8 Å². The monoisotopic (exact) mass is 294 g/mol. The zero-order chi connectivity index (χ0) is 14.7. The largest absolute Gasteiger partial charge is 0.354 e. The van der Waals surface area contributed by atoms with Gasteiger partial charge in [-0.25, -0.2) is 4.52 Å². The first-order chi connectivity index (χ1) is 10.7. The Labute approximate surface area is 128 Å². The molecular formula is C16H18N6. The standard InChI is InChI=1S/C16H18N6/c1-20-6-13(5-18-20)12-2-3-14-4-15(19-22(14)7-12)21-10-16(11-21)8-17-9-16/h2-7,17H,8-11H2,1H3. The first-order valence-corrected chi connectivity index (χ1v) is 7.65. The van der Waals surface area contributed by atoms with Gasteiger partial charge in [0, 0.05) is 68.2 Å². The second kappa shape index (κ2) is 4.10. The Kier molecular flexibility index (Phi) is 2.28. The van der Waals surface area contributed by atoms with Gasteiger partial charge in [0.1, 0.15) is 0 Å². The Morgan fingerprint density at radius 2 is 2.00 bits per heavy atom. The third kappa shape index (κ3) is 1.70. The smallest absolute Gasteiger partial charge is 0.151 e. The van der Waals surface area contributed by atoms with Gasteiger partial charge < -0.3 is 10.2 Å². The van der Waals surface area contributed by atoms with E-state index in [1.807, 2.05) is 28.6 Å². The highest BCUT2D eigenvalue weighted by atomic mass is 15.4. The van der Waals surface area contributed by atoms with Crippen molar-refractivity contribution in [3.05, 3.63) is 36.8 Å². The third-order valence-electron chi connectivity index (χ3n) is 4.86. The van der Waals surface area contributed by atoms with Gasteiger partial charge >= 0.3 is 0 Å². The lowest BCUT2D eigenvalue weighted by Crippen LogP contribution is -2.71. The quantitative estimate of drug-likeness (QED) is 0.770. The van der Waals surface area contributed by atoms with Gasteiger partial charge in [0.25, 0.3) is 0 Å². The molecule has 0 atom stereocenters. The average Bonchev–Trinajstić information content (AvgIpc) is 3.00. The summed E-state index contributed by atoms with van der Waals surface area (Å²) in [7, 11) is 1.93. The predicted molar refractivity (Wildman–Crippen MR) is 84.9 cm³/mol. The second-order valence-corrected chi connectivity index (χ2v) is 6.65. The van der Waals surface area contributed by atoms with E-state index in [1.165, 1.54) is 0 Å². The maximum Gasteiger partial charge on any atom is 0.151 e. The van der Waals surface area contributed by atoms with Crippen LogP contribution in [0.5, 0.6) is 0 Å². The summed E-state index contributed by atoms with van der Waals surface area (Å²) in [6.45, 7) is 4.56. The Bertz CT molecular complexity index is 849. The maximum absolute atomic E-state index is 4.75. The number of nitrogens with one attached hydrogen (secondary N) is 1. The van der Waals surface area contributed by atoms with Crippen LogP contribution in [0.2, 0.25) is 0 Å². The maximum atomic E-state index is 4.75. The van der Waals surface area contributed by atoms with Crippen molar-refractivity contribution in [2.75, 3.05) is 31.1 Å². The number of aromatic nitrogens is 4. The molecule has 2 fully saturated rings. The molecule has 6 heteroatoms. The number of hydrogen-bond acceptors (Lipinski definition) is 4. The molecule has 3 aromatic heterocycles. The summed E-state index contributed by atoms with van der Waals surface area (Å²) in [4.78, 5) is 2.37. The first kappa shape index (κ1) is 12.2. The molecule has 22 heavy (non-hydrogen) atoms. The molecule has 1 N–H and O–H groups in total. The molecule has 2 aliphatic rings. The fraction of sp³-hybridized carbons (Fsp3) is 0.375. The highest BCUT2D eigenvalue weighted by Crippen LogP contribution is 2.37. The van der Waals surface area contributed by atoms with Crippen LogP contribution < -0.4 is 10.2 Å². The number of fused-ring (bicyclic) bond motifs is 1. The predicted octanol–water partition coefficient (Wildman–Crippen LogP) is 1.14. The van der Waals surface area contributed by atoms with Gasteiger partial charge in [0.2, 0.25) is 0 Å². The Morgan fingerprint density at radius 1 is 1.14 bits per heavy atom. The molecule has 2 aliphatic heterocycles. The number of hydrogen-bond donors (Lipinski definition) is 1. The van der Waals surface area contributed by atoms with Crippen LogP contribution in [0.1, 0.15) is 0 Å². The number of rotatable bonds is 2. The summed E-state index contributed by atoms with van der Waals surface area (Å²) in [5.41, 5.74) is 3.91. The fourth-order valence-corrected chi connectivity index (χ4v) is 3.50. The summed E-state index contributed by atoms with van der Waals surface area (Å²) in [6.07, 6.45) is 5.99. The Hall–Kier alpha value is -2.34. The summed E-state index contributed by atoms with van der Waals surface area (Å²) < 4.78 is 3.79. The lowest BCUT2D eigenvalue weighted by molar-refractivity contribution is 0.120. The van der Waals surface area contributed by atoms with Gasteiger partial charge in [-0.3, -0.25) is 4.68 Å². The van der Waals surface area contributed by atoms with Crippen molar-refractivity contribution < 1.29 is 0 Å². The van der Waals surface area contributed by atoms with Gasteiger partial charge in [0.05, 0.1) is 11.7 Å². The van der Waals surface area contributed by atoms with Crippen LogP contribution in [-0.4, -0.2) is 45.6 Å². The van der Waals surface area contributed by atoms with Crippen LogP contribution >= 0.6 is 0 Å². The normalized spacial score (nSPS) is 19.4. The molecule has 5 heterocycles. The highest BCUT2D eigenvalue weighted by Gasteiger charge is 2.48. The minimum atomic E-state index is 0.524. The second-order valence-electron chi connectivity index (χ2n) is 6.65. The summed E-state index contributed by atoms with van der Waals surface area (Å²) >= 11 is 0. The molecule has 0 aromatic carbocycles. The summed E-state index contributed by atoms with van der Waals surface area (Å²) in [5, 5.41) is 12.4. The van der Waals surface area contributed by atoms with E-state index >= 15 is 0 Å². The van der Waals surface area contributed by atoms with E-state index < -0.39 is 0 Å². The van der Waals surface area contributed by atoms with Crippen molar-refractivity contribution in [1.29, 1.82) is 0 Å². The van der Waals surface area contributed by atoms with Crippen molar-refractivity contribution in [2.45, 2.75) is 0 Å². The Morgan fingerprint density at radius 3 is 2.68 bits per heavy atom. The third-order valence-corrected chi connectivity index (χ3v) is 4.86. The summed E-state index contributed by atoms with van der Waals surface area (Å²) in [6, 6.07) is 6.43. The molecule has 6 nitrogen and oxygen atoms in total. The van der Waals surface area contributed by atoms with Crippen molar-refractivity contribution in [3.8, 4) is 11.1 Å². The van der Waals surface area contributed by atoms with Crippen LogP contribution in [0.25, 0.3) is 16.6 Å². The van der Waals surface area contributed by atoms with Crippen LogP contribution in [0, 0.1) is 5.41 Å². The van der Waals surface area contributed by atoms with E-state index in [9.17, 15) is 0 Å². The molecule has 3 aromatic rings. The molecule has 0 saturated carbocycles. The van der Waals surface area contributed by atoms with E-state index in [0.29, 0.717) is 5.41 Å². The van der Waals surface area contributed by atoms with Crippen molar-refractivity contribution >= 4 is 11.3 Å². The van der Waals surface area contributed by atoms with Crippen molar-refractivity contribution in [2.24, 2.45) is 12.5 Å². The van der Waals surface area contributed by atoms with E-state index in [1.54, 1.807) is 0 Å². The highest BCUT2D eigenvalue weighted by molar-refractivity contribution is 5.66. The topological polar surface area (TPSA) is 50.4 Å². The van der Waals surface area contributed by atoms with Gasteiger partial charge in [-0.1, -0.05) is 6.07 Å². The number of anilines is 1. The van der Waals surface area contributed by atoms with Crippen molar-refractivity contribution in [1.82, 2.24) is 24.7 Å². The van der Waals surface area contributed by atoms with Crippen LogP contribution in [-0.2, 0) is 7.05 Å². The van der Waals surface area contributed by atoms with Gasteiger partial charge in [-0.2, -0.15) is 10.2 Å². The molecular weight excluding hydrogens is 276 g/mol. The van der Waals surface area contributed by atoms with Crippen molar-refractivity contribution in [3.63, 3.8) is 0 Å². The zero-order valence-electron chi connectivity index (χ0n) is 12.5. The molecule has 0 bridgehead atoms. The molecule has 5 rings (SSSR count). The molecule has 1 spiro atoms. The number of nitrogens with zero attached hydrogens (tertiary/aromatic N) is 5. The molecule has 112 valence electrons. The van der Waals surface area contributed by atoms with Gasteiger partial charge in [0.15, 0.2) is 5.82 Å². The Balaban J connectivity index is 1.46. The number of pyridine rings is 1. The van der Waals surface area contributed by atoms with E-state index in [0.717, 1.165) is 48.6 Å². The SMILES string of the molecule is Cn1cc(-c2ccc3cc(N4CC5(CNC5)C4)nn3c2)cn1. The first-order valence-electron chi connectivity index (χ1n) is 7.65. The minimum Gasteiger partial charge on any atom is -0.354 e. The minimum absolute atomic E-state index is 0.524. The molecule has 0 amide bonds. The molecule has 0 aliphatic carbocycles. The zero-order valence-corrected chi connectivity index (χ0v) is 12.5. The number of aryl methyl sites for hydroxylation is 1. The molecule has 2 saturated heterocycles. The fourth-order valence-electron chi connectivity index (χ4n) is 3.50. The van der Waals surface area contributed by atoms with E-state index in [4.69, 9.17) is 5.10 Å². The van der Waals surface area contributed by atoms with Gasteiger partial charge in [-0.05, 0) is 6.07 Å².